The van der Waals surface area contributed by atoms with Gasteiger partial charge in [0.2, 0.25) is 0 Å². The third kappa shape index (κ3) is 4.28. The van der Waals surface area contributed by atoms with Gasteiger partial charge >= 0.3 is 6.18 Å². The van der Waals surface area contributed by atoms with Gasteiger partial charge in [-0.05, 0) is 84.1 Å². The molecule has 37 heavy (non-hydrogen) atoms. The highest BCUT2D eigenvalue weighted by Gasteiger charge is 2.60. The number of hydrogen-bond acceptors (Lipinski definition) is 4. The van der Waals surface area contributed by atoms with E-state index in [2.05, 4.69) is 26.3 Å². The number of aromatic amines is 1. The molecular formula is C28H23ClF3N4O-. The van der Waals surface area contributed by atoms with E-state index in [4.69, 9.17) is 11.6 Å². The quantitative estimate of drug-likeness (QED) is 0.253. The van der Waals surface area contributed by atoms with Crippen LogP contribution in [0.25, 0.3) is 22.0 Å². The summed E-state index contributed by atoms with van der Waals surface area (Å²) >= 11 is 6.01. The van der Waals surface area contributed by atoms with Crippen LogP contribution in [-0.2, 0) is 6.18 Å². The standard InChI is InChI=1S/C28H24ClF3N4O/c29-23-21(28(30,31)32)9-12-34-24(23)26(37)36-25(27-15-20(27)5-2-10-35-27)19-4-1-3-16(14-19)17-6-7-22-18(13-17)8-11-33-22/h1,3-4,6-9,11-14,20,25,33,35H,2,5,10,15H2,(H,36,37)/p-1. The number of aliphatic imine (C=N–C) groups is 1. The first kappa shape index (κ1) is 24.0. The molecule has 1 aliphatic carbocycles. The fourth-order valence-electron chi connectivity index (χ4n) is 5.62. The lowest BCUT2D eigenvalue weighted by Gasteiger charge is -2.32. The van der Waals surface area contributed by atoms with Gasteiger partial charge in [-0.1, -0.05) is 35.9 Å². The van der Waals surface area contributed by atoms with Gasteiger partial charge in [0.05, 0.1) is 22.3 Å². The van der Waals surface area contributed by atoms with Crippen molar-refractivity contribution in [3.05, 3.63) is 88.8 Å². The van der Waals surface area contributed by atoms with Gasteiger partial charge in [-0.15, -0.1) is 0 Å². The summed E-state index contributed by atoms with van der Waals surface area (Å²) in [4.78, 5) is 11.6. The molecule has 3 atom stereocenters. The first-order chi connectivity index (χ1) is 17.8. The number of nitrogens with zero attached hydrogens (tertiary/aromatic N) is 2. The average molecular weight is 524 g/mol. The lowest BCUT2D eigenvalue weighted by molar-refractivity contribution is -0.214. The second-order valence-electron chi connectivity index (χ2n) is 9.77. The van der Waals surface area contributed by atoms with E-state index in [1.54, 1.807) is 0 Å². The molecule has 1 saturated heterocycles. The molecule has 0 radical (unpaired) electrons. The molecule has 4 aromatic rings. The summed E-state index contributed by atoms with van der Waals surface area (Å²) < 4.78 is 40.2. The van der Waals surface area contributed by atoms with Crippen molar-refractivity contribution in [1.82, 2.24) is 15.3 Å². The highest BCUT2D eigenvalue weighted by molar-refractivity contribution is 6.34. The van der Waals surface area contributed by atoms with E-state index in [0.29, 0.717) is 5.92 Å². The Morgan fingerprint density at radius 3 is 2.78 bits per heavy atom. The summed E-state index contributed by atoms with van der Waals surface area (Å²) in [5.41, 5.74) is 1.84. The molecule has 2 aromatic carbocycles. The molecule has 6 rings (SSSR count). The monoisotopic (exact) mass is 523 g/mol. The molecule has 3 heterocycles. The van der Waals surface area contributed by atoms with Crippen LogP contribution in [0.3, 0.4) is 0 Å². The Kier molecular flexibility index (Phi) is 5.76. The van der Waals surface area contributed by atoms with E-state index < -0.39 is 39.9 Å². The predicted molar refractivity (Wildman–Crippen MR) is 135 cm³/mol. The Labute approximate surface area is 216 Å². The lowest BCUT2D eigenvalue weighted by atomic mass is 9.90. The van der Waals surface area contributed by atoms with E-state index in [9.17, 15) is 18.3 Å². The van der Waals surface area contributed by atoms with Gasteiger partial charge in [0.1, 0.15) is 0 Å². The van der Waals surface area contributed by atoms with Crippen molar-refractivity contribution in [2.75, 3.05) is 6.54 Å². The van der Waals surface area contributed by atoms with Crippen molar-refractivity contribution in [1.29, 1.82) is 0 Å². The molecule has 0 spiro atoms. The summed E-state index contributed by atoms with van der Waals surface area (Å²) in [6, 6.07) is 16.2. The number of aromatic nitrogens is 2. The zero-order valence-electron chi connectivity index (χ0n) is 19.6. The molecule has 190 valence electrons. The highest BCUT2D eigenvalue weighted by Crippen LogP contribution is 2.57. The second-order valence-corrected chi connectivity index (χ2v) is 10.1. The third-order valence-corrected chi connectivity index (χ3v) is 7.94. The van der Waals surface area contributed by atoms with E-state index >= 15 is 0 Å². The molecule has 3 unspecified atom stereocenters. The third-order valence-electron chi connectivity index (χ3n) is 7.56. The van der Waals surface area contributed by atoms with Crippen LogP contribution < -0.4 is 10.4 Å². The molecule has 2 fully saturated rings. The topological polar surface area (TPSA) is 76.1 Å². The van der Waals surface area contributed by atoms with Gasteiger partial charge in [0.15, 0.2) is 0 Å². The maximum Gasteiger partial charge on any atom is 0.417 e. The number of alkyl halides is 3. The SMILES string of the molecule is [O-]C(=NC(c1cccc(-c2ccc3[nH]ccc3c2)c1)C12CC1CCCN2)c1nccc(C(F)(F)F)c1Cl. The first-order valence-electron chi connectivity index (χ1n) is 12.2. The fraction of sp³-hybridized carbons (Fsp3) is 0.286. The summed E-state index contributed by atoms with van der Waals surface area (Å²) in [6.45, 7) is 0.795. The van der Waals surface area contributed by atoms with Crippen molar-refractivity contribution in [3.8, 4) is 11.1 Å². The van der Waals surface area contributed by atoms with Crippen LogP contribution in [0.2, 0.25) is 5.02 Å². The van der Waals surface area contributed by atoms with Gasteiger partial charge in [-0.3, -0.25) is 9.98 Å². The number of rotatable bonds is 5. The van der Waals surface area contributed by atoms with E-state index in [0.717, 1.165) is 65.7 Å². The summed E-state index contributed by atoms with van der Waals surface area (Å²) in [7, 11) is 0. The first-order valence-corrected chi connectivity index (χ1v) is 12.5. The number of piperidine rings is 1. The van der Waals surface area contributed by atoms with Gasteiger partial charge in [0.25, 0.3) is 0 Å². The molecule has 1 aliphatic heterocycles. The van der Waals surface area contributed by atoms with Gasteiger partial charge in [-0.25, -0.2) is 0 Å². The second kappa shape index (κ2) is 8.89. The Morgan fingerprint density at radius 1 is 1.14 bits per heavy atom. The van der Waals surface area contributed by atoms with Crippen molar-refractivity contribution < 1.29 is 18.3 Å². The molecule has 2 N–H and O–H groups in total. The Bertz CT molecular complexity index is 1510. The zero-order chi connectivity index (χ0) is 25.8. The zero-order valence-corrected chi connectivity index (χ0v) is 20.4. The Hall–Kier alpha value is -3.36. The van der Waals surface area contributed by atoms with E-state index in [1.807, 2.05) is 48.7 Å². The number of halogens is 4. The van der Waals surface area contributed by atoms with Crippen LogP contribution in [-0.4, -0.2) is 27.9 Å². The Morgan fingerprint density at radius 2 is 1.97 bits per heavy atom. The summed E-state index contributed by atoms with van der Waals surface area (Å²) in [5.74, 6) is -0.514. The van der Waals surface area contributed by atoms with Crippen LogP contribution in [0.15, 0.2) is 72.0 Å². The number of benzene rings is 2. The molecule has 9 heteroatoms. The minimum absolute atomic E-state index is 0.340. The van der Waals surface area contributed by atoms with Gasteiger partial charge in [0, 0.05) is 29.3 Å². The summed E-state index contributed by atoms with van der Waals surface area (Å²) in [6.07, 6.45) is 1.03. The van der Waals surface area contributed by atoms with Gasteiger partial charge < -0.3 is 15.4 Å². The average Bonchev–Trinajstić information content (AvgIpc) is 3.45. The fourth-order valence-corrected chi connectivity index (χ4v) is 5.92. The van der Waals surface area contributed by atoms with Crippen LogP contribution in [0.1, 0.15) is 42.1 Å². The molecule has 5 nitrogen and oxygen atoms in total. The maximum atomic E-state index is 13.4. The van der Waals surface area contributed by atoms with Crippen LogP contribution >= 0.6 is 11.6 Å². The number of pyridine rings is 1. The van der Waals surface area contributed by atoms with Crippen LogP contribution in [0, 0.1) is 5.92 Å². The molecular weight excluding hydrogens is 501 g/mol. The number of nitrogens with one attached hydrogen (secondary N) is 2. The van der Waals surface area contributed by atoms with Crippen LogP contribution in [0.5, 0.6) is 0 Å². The van der Waals surface area contributed by atoms with Crippen LogP contribution in [0.4, 0.5) is 13.2 Å². The molecule has 0 amide bonds. The van der Waals surface area contributed by atoms with E-state index in [1.165, 1.54) is 0 Å². The molecule has 1 saturated carbocycles. The van der Waals surface area contributed by atoms with Crippen molar-refractivity contribution in [2.24, 2.45) is 10.9 Å². The minimum atomic E-state index is -4.70. The number of hydrogen-bond donors (Lipinski definition) is 2. The van der Waals surface area contributed by atoms with Crippen molar-refractivity contribution in [3.63, 3.8) is 0 Å². The molecule has 0 bridgehead atoms. The summed E-state index contributed by atoms with van der Waals surface area (Å²) in [5, 5.41) is 17.2. The van der Waals surface area contributed by atoms with Crippen molar-refractivity contribution in [2.45, 2.75) is 37.0 Å². The highest BCUT2D eigenvalue weighted by atomic mass is 35.5. The normalized spacial score (nSPS) is 22.6. The number of H-pyrrole nitrogens is 1. The van der Waals surface area contributed by atoms with Gasteiger partial charge in [-0.2, -0.15) is 13.2 Å². The molecule has 2 aromatic heterocycles. The largest absolute Gasteiger partial charge is 0.857 e. The predicted octanol–water partition coefficient (Wildman–Crippen LogP) is 5.89. The number of fused-ring (bicyclic) bond motifs is 2. The smallest absolute Gasteiger partial charge is 0.417 e. The molecule has 2 aliphatic rings. The van der Waals surface area contributed by atoms with E-state index in [-0.39, 0.29) is 0 Å². The minimum Gasteiger partial charge on any atom is -0.857 e. The lowest BCUT2D eigenvalue weighted by Crippen LogP contribution is -2.43. The van der Waals surface area contributed by atoms with Crippen molar-refractivity contribution >= 4 is 28.4 Å². The maximum absolute atomic E-state index is 13.4. The Balaban J connectivity index is 1.43.